The van der Waals surface area contributed by atoms with Gasteiger partial charge in [-0.2, -0.15) is 4.68 Å². The van der Waals surface area contributed by atoms with Gasteiger partial charge in [0, 0.05) is 5.69 Å². The molecule has 0 atom stereocenters. The molecular weight excluding hydrogens is 368 g/mol. The van der Waals surface area contributed by atoms with Crippen LogP contribution in [0.2, 0.25) is 0 Å². The fourth-order valence-corrected chi connectivity index (χ4v) is 3.07. The molecule has 27 heavy (non-hydrogen) atoms. The predicted molar refractivity (Wildman–Crippen MR) is 102 cm³/mol. The lowest BCUT2D eigenvalue weighted by Gasteiger charge is -2.10. The normalized spacial score (nSPS) is 10.6. The van der Waals surface area contributed by atoms with Crippen LogP contribution in [-0.2, 0) is 22.6 Å². The van der Waals surface area contributed by atoms with Crippen molar-refractivity contribution in [3.05, 3.63) is 57.9 Å². The van der Waals surface area contributed by atoms with Crippen molar-refractivity contribution in [2.24, 2.45) is 0 Å². The summed E-state index contributed by atoms with van der Waals surface area (Å²) in [6.07, 6.45) is 0.782. The Morgan fingerprint density at radius 2 is 2.00 bits per heavy atom. The van der Waals surface area contributed by atoms with Crippen LogP contribution in [0.1, 0.15) is 12.5 Å². The highest BCUT2D eigenvalue weighted by molar-refractivity contribution is 7.13. The Hall–Kier alpha value is -3.20. The number of thiophene rings is 1. The molecule has 0 saturated carbocycles. The third kappa shape index (κ3) is 4.70. The van der Waals surface area contributed by atoms with Gasteiger partial charge in [-0.25, -0.2) is 4.79 Å². The van der Waals surface area contributed by atoms with Crippen molar-refractivity contribution in [2.45, 2.75) is 19.9 Å². The maximum atomic E-state index is 12.0. The number of aromatic nitrogens is 2. The van der Waals surface area contributed by atoms with E-state index in [0.29, 0.717) is 10.6 Å². The van der Waals surface area contributed by atoms with Crippen LogP contribution in [0, 0.1) is 0 Å². The van der Waals surface area contributed by atoms with Gasteiger partial charge in [-0.05, 0) is 29.5 Å². The number of hydrogen-bond donors (Lipinski definition) is 2. The van der Waals surface area contributed by atoms with E-state index >= 15 is 0 Å². The van der Waals surface area contributed by atoms with Crippen molar-refractivity contribution in [3.8, 4) is 10.8 Å². The lowest BCUT2D eigenvalue weighted by Crippen LogP contribution is -2.36. The average molecular weight is 386 g/mol. The molecule has 9 heteroatoms. The third-order valence-corrected chi connectivity index (χ3v) is 4.61. The molecule has 0 saturated heterocycles. The molecule has 0 spiro atoms. The van der Waals surface area contributed by atoms with Gasteiger partial charge in [0.15, 0.2) is 0 Å². The van der Waals surface area contributed by atoms with Crippen LogP contribution in [-0.4, -0.2) is 28.1 Å². The van der Waals surface area contributed by atoms with Gasteiger partial charge < -0.3 is 15.1 Å². The van der Waals surface area contributed by atoms with Gasteiger partial charge >= 0.3 is 5.76 Å². The van der Waals surface area contributed by atoms with Crippen molar-refractivity contribution < 1.29 is 14.0 Å². The molecule has 3 rings (SSSR count). The number of anilines is 1. The second-order valence-corrected chi connectivity index (χ2v) is 6.59. The smallest absolute Gasteiger partial charge is 0.387 e. The highest BCUT2D eigenvalue weighted by Gasteiger charge is 2.14. The molecule has 2 N–H and O–H groups in total. The summed E-state index contributed by atoms with van der Waals surface area (Å²) in [6, 6.07) is 11.0. The van der Waals surface area contributed by atoms with Gasteiger partial charge in [0.1, 0.15) is 6.54 Å². The number of nitrogens with one attached hydrogen (secondary N) is 2. The van der Waals surface area contributed by atoms with Crippen molar-refractivity contribution in [1.29, 1.82) is 0 Å². The van der Waals surface area contributed by atoms with Gasteiger partial charge in [-0.1, -0.05) is 31.2 Å². The number of nitrogens with zero attached hydrogens (tertiary/aromatic N) is 2. The standard InChI is InChI=1S/C18H18N4O4S/c1-2-12-6-3-4-7-13(12)20-15(23)10-19-16(24)11-22-18(25)26-17(21-22)14-8-5-9-27-14/h3-9H,2,10-11H2,1H3,(H,19,24)(H,20,23). The minimum Gasteiger partial charge on any atom is -0.387 e. The van der Waals surface area contributed by atoms with Crippen LogP contribution in [0.5, 0.6) is 0 Å². The summed E-state index contributed by atoms with van der Waals surface area (Å²) in [5, 5.41) is 11.1. The molecular formula is C18H18N4O4S. The summed E-state index contributed by atoms with van der Waals surface area (Å²) in [5.41, 5.74) is 1.72. The van der Waals surface area contributed by atoms with Crippen LogP contribution in [0.4, 0.5) is 5.69 Å². The van der Waals surface area contributed by atoms with Gasteiger partial charge in [-0.3, -0.25) is 9.59 Å². The molecule has 3 aromatic rings. The molecule has 8 nitrogen and oxygen atoms in total. The van der Waals surface area contributed by atoms with E-state index in [1.54, 1.807) is 18.2 Å². The second-order valence-electron chi connectivity index (χ2n) is 5.64. The fraction of sp³-hybridized carbons (Fsp3) is 0.222. The lowest BCUT2D eigenvalue weighted by atomic mass is 10.1. The van der Waals surface area contributed by atoms with Crippen LogP contribution < -0.4 is 16.4 Å². The molecule has 0 bridgehead atoms. The summed E-state index contributed by atoms with van der Waals surface area (Å²) < 4.78 is 5.96. The van der Waals surface area contributed by atoms with Gasteiger partial charge in [0.05, 0.1) is 11.4 Å². The Bertz CT molecular complexity index is 991. The van der Waals surface area contributed by atoms with Crippen LogP contribution in [0.15, 0.2) is 51.0 Å². The molecule has 2 aromatic heterocycles. The monoisotopic (exact) mass is 386 g/mol. The number of benzene rings is 1. The lowest BCUT2D eigenvalue weighted by molar-refractivity contribution is -0.124. The van der Waals surface area contributed by atoms with E-state index in [-0.39, 0.29) is 24.9 Å². The summed E-state index contributed by atoms with van der Waals surface area (Å²) >= 11 is 1.37. The summed E-state index contributed by atoms with van der Waals surface area (Å²) in [4.78, 5) is 36.5. The van der Waals surface area contributed by atoms with Crippen LogP contribution in [0.25, 0.3) is 10.8 Å². The van der Waals surface area contributed by atoms with E-state index in [0.717, 1.165) is 16.7 Å². The fourth-order valence-electron chi connectivity index (χ4n) is 2.42. The number of carbonyl (C=O) groups excluding carboxylic acids is 2. The number of aryl methyl sites for hydroxylation is 1. The van der Waals surface area contributed by atoms with Crippen molar-refractivity contribution in [2.75, 3.05) is 11.9 Å². The van der Waals surface area contributed by atoms with E-state index < -0.39 is 11.7 Å². The average Bonchev–Trinajstić information content (AvgIpc) is 3.31. The highest BCUT2D eigenvalue weighted by Crippen LogP contribution is 2.21. The molecule has 140 valence electrons. The number of para-hydroxylation sites is 1. The first-order chi connectivity index (χ1) is 13.1. The number of rotatable bonds is 7. The van der Waals surface area contributed by atoms with E-state index in [1.165, 1.54) is 11.3 Å². The Kier molecular flexibility index (Phi) is 5.82. The second kappa shape index (κ2) is 8.45. The molecule has 0 fully saturated rings. The Balaban J connectivity index is 1.54. The zero-order chi connectivity index (χ0) is 19.2. The van der Waals surface area contributed by atoms with Crippen LogP contribution >= 0.6 is 11.3 Å². The maximum absolute atomic E-state index is 12.0. The van der Waals surface area contributed by atoms with Gasteiger partial charge in [0.2, 0.25) is 11.8 Å². The first-order valence-corrected chi connectivity index (χ1v) is 9.21. The van der Waals surface area contributed by atoms with Gasteiger partial charge in [0.25, 0.3) is 5.89 Å². The van der Waals surface area contributed by atoms with Crippen LogP contribution in [0.3, 0.4) is 0 Å². The minimum absolute atomic E-state index is 0.164. The zero-order valence-corrected chi connectivity index (χ0v) is 15.4. The van der Waals surface area contributed by atoms with Crippen molar-refractivity contribution >= 4 is 28.8 Å². The van der Waals surface area contributed by atoms with E-state index in [2.05, 4.69) is 15.7 Å². The Morgan fingerprint density at radius 3 is 2.74 bits per heavy atom. The first-order valence-electron chi connectivity index (χ1n) is 8.33. The molecule has 0 aliphatic heterocycles. The Morgan fingerprint density at radius 1 is 1.19 bits per heavy atom. The maximum Gasteiger partial charge on any atom is 0.437 e. The predicted octanol–water partition coefficient (Wildman–Crippen LogP) is 1.88. The quantitative estimate of drug-likeness (QED) is 0.645. The molecule has 0 aliphatic carbocycles. The number of hydrogen-bond acceptors (Lipinski definition) is 6. The van der Waals surface area contributed by atoms with Crippen molar-refractivity contribution in [3.63, 3.8) is 0 Å². The molecule has 2 heterocycles. The van der Waals surface area contributed by atoms with E-state index in [1.807, 2.05) is 30.5 Å². The Labute approximate surface area is 158 Å². The molecule has 1 aromatic carbocycles. The summed E-state index contributed by atoms with van der Waals surface area (Å²) in [5.74, 6) is -1.43. The summed E-state index contributed by atoms with van der Waals surface area (Å²) in [6.45, 7) is 1.46. The molecule has 2 amide bonds. The highest BCUT2D eigenvalue weighted by atomic mass is 32.1. The third-order valence-electron chi connectivity index (χ3n) is 3.75. The van der Waals surface area contributed by atoms with E-state index in [4.69, 9.17) is 4.42 Å². The minimum atomic E-state index is -0.727. The number of carbonyl (C=O) groups is 2. The largest absolute Gasteiger partial charge is 0.437 e. The molecule has 0 unspecified atom stereocenters. The first kappa shape index (κ1) is 18.6. The SMILES string of the molecule is CCc1ccccc1NC(=O)CNC(=O)Cn1nc(-c2cccs2)oc1=O. The molecule has 0 aliphatic rings. The summed E-state index contributed by atoms with van der Waals surface area (Å²) in [7, 11) is 0. The topological polar surface area (TPSA) is 106 Å². The molecule has 0 radical (unpaired) electrons. The van der Waals surface area contributed by atoms with Crippen molar-refractivity contribution in [1.82, 2.24) is 15.1 Å². The van der Waals surface area contributed by atoms with E-state index in [9.17, 15) is 14.4 Å². The zero-order valence-electron chi connectivity index (χ0n) is 14.6. The van der Waals surface area contributed by atoms with Gasteiger partial charge in [-0.15, -0.1) is 16.4 Å². The number of amides is 2.